The van der Waals surface area contributed by atoms with E-state index < -0.39 is 39.4 Å². The van der Waals surface area contributed by atoms with Crippen LogP contribution in [0.25, 0.3) is 0 Å². The summed E-state index contributed by atoms with van der Waals surface area (Å²) in [5.41, 5.74) is 0.0226. The maximum absolute atomic E-state index is 13.6. The Kier molecular flexibility index (Phi) is 6.42. The molecule has 0 aliphatic carbocycles. The number of nitrogens with zero attached hydrogens (tertiary/aromatic N) is 2. The number of carbonyl (C=O) groups is 3. The van der Waals surface area contributed by atoms with Crippen LogP contribution in [0.5, 0.6) is 5.75 Å². The second kappa shape index (κ2) is 9.43. The number of anilines is 1. The Morgan fingerprint density at radius 3 is 2.59 bits per heavy atom. The fourth-order valence-corrected chi connectivity index (χ4v) is 6.60. The van der Waals surface area contributed by atoms with Crippen LogP contribution in [0.3, 0.4) is 0 Å². The summed E-state index contributed by atoms with van der Waals surface area (Å²) in [5.74, 6) is -0.648. The number of hydrogen-bond donors (Lipinski definition) is 2. The predicted octanol–water partition coefficient (Wildman–Crippen LogP) is 1.57. The molecule has 37 heavy (non-hydrogen) atoms. The Hall–Kier alpha value is -3.48. The summed E-state index contributed by atoms with van der Waals surface area (Å²) in [6.07, 6.45) is 0.236. The molecule has 5 rings (SSSR count). The lowest BCUT2D eigenvalue weighted by Crippen LogP contribution is -2.49. The van der Waals surface area contributed by atoms with Gasteiger partial charge in [-0.2, -0.15) is 4.31 Å². The lowest BCUT2D eigenvalue weighted by Gasteiger charge is -2.33. The second-order valence-electron chi connectivity index (χ2n) is 9.27. The molecule has 0 bridgehead atoms. The first-order chi connectivity index (χ1) is 17.6. The fourth-order valence-electron chi connectivity index (χ4n) is 4.94. The maximum Gasteiger partial charge on any atom is 0.326 e. The Morgan fingerprint density at radius 1 is 1.11 bits per heavy atom. The van der Waals surface area contributed by atoms with Gasteiger partial charge in [0.05, 0.1) is 24.7 Å². The molecule has 3 heterocycles. The van der Waals surface area contributed by atoms with Crippen LogP contribution < -0.4 is 15.4 Å². The van der Waals surface area contributed by atoms with E-state index in [4.69, 9.17) is 9.47 Å². The lowest BCUT2D eigenvalue weighted by molar-refractivity contribution is -0.137. The lowest BCUT2D eigenvalue weighted by atomic mass is 9.84. The van der Waals surface area contributed by atoms with Gasteiger partial charge in [0.15, 0.2) is 5.54 Å². The molecule has 2 saturated heterocycles. The van der Waals surface area contributed by atoms with Gasteiger partial charge in [-0.1, -0.05) is 24.3 Å². The molecule has 2 atom stereocenters. The molecule has 2 N–H and O–H groups in total. The largest absolute Gasteiger partial charge is 0.493 e. The van der Waals surface area contributed by atoms with E-state index in [1.54, 1.807) is 43.3 Å². The summed E-state index contributed by atoms with van der Waals surface area (Å²) in [4.78, 5) is 40.7. The monoisotopic (exact) mass is 528 g/mol. The number of benzene rings is 2. The van der Waals surface area contributed by atoms with Crippen LogP contribution in [-0.2, 0) is 29.9 Å². The maximum atomic E-state index is 13.6. The van der Waals surface area contributed by atoms with Crippen LogP contribution in [0.15, 0.2) is 47.4 Å². The molecule has 11 nitrogen and oxygen atoms in total. The van der Waals surface area contributed by atoms with Gasteiger partial charge in [0.25, 0.3) is 5.91 Å². The zero-order valence-corrected chi connectivity index (χ0v) is 21.3. The van der Waals surface area contributed by atoms with E-state index in [1.165, 1.54) is 17.3 Å². The van der Waals surface area contributed by atoms with Crippen molar-refractivity contribution in [2.24, 2.45) is 0 Å². The molecular formula is C25H28N4O7S. The quantitative estimate of drug-likeness (QED) is 0.563. The molecule has 0 aromatic heterocycles. The average Bonchev–Trinajstić information content (AvgIpc) is 3.14. The van der Waals surface area contributed by atoms with E-state index in [0.29, 0.717) is 30.1 Å². The highest BCUT2D eigenvalue weighted by Crippen LogP contribution is 2.41. The number of urea groups is 1. The highest BCUT2D eigenvalue weighted by Gasteiger charge is 2.56. The normalized spacial score (nSPS) is 22.8. The number of amides is 4. The smallest absolute Gasteiger partial charge is 0.326 e. The topological polar surface area (TPSA) is 134 Å². The van der Waals surface area contributed by atoms with Crippen molar-refractivity contribution in [1.29, 1.82) is 0 Å². The van der Waals surface area contributed by atoms with Gasteiger partial charge in [-0.25, -0.2) is 18.1 Å². The van der Waals surface area contributed by atoms with Crippen LogP contribution in [0.2, 0.25) is 0 Å². The van der Waals surface area contributed by atoms with Crippen molar-refractivity contribution >= 4 is 33.6 Å². The van der Waals surface area contributed by atoms with Crippen molar-refractivity contribution < 1.29 is 32.3 Å². The average molecular weight is 529 g/mol. The Bertz CT molecular complexity index is 1370. The van der Waals surface area contributed by atoms with E-state index in [0.717, 1.165) is 4.90 Å². The van der Waals surface area contributed by atoms with Gasteiger partial charge in [0, 0.05) is 30.8 Å². The third kappa shape index (κ3) is 4.24. The zero-order valence-electron chi connectivity index (χ0n) is 20.5. The van der Waals surface area contributed by atoms with E-state index in [2.05, 4.69) is 10.6 Å². The summed E-state index contributed by atoms with van der Waals surface area (Å²) >= 11 is 0. The third-order valence-electron chi connectivity index (χ3n) is 7.01. The van der Waals surface area contributed by atoms with Crippen LogP contribution >= 0.6 is 0 Å². The molecule has 0 saturated carbocycles. The van der Waals surface area contributed by atoms with Gasteiger partial charge in [-0.3, -0.25) is 9.59 Å². The molecule has 4 amide bonds. The molecule has 12 heteroatoms. The van der Waals surface area contributed by atoms with Crippen LogP contribution in [0.4, 0.5) is 10.5 Å². The molecule has 2 fully saturated rings. The highest BCUT2D eigenvalue weighted by molar-refractivity contribution is 7.89. The van der Waals surface area contributed by atoms with Gasteiger partial charge < -0.3 is 20.1 Å². The van der Waals surface area contributed by atoms with Crippen LogP contribution in [0.1, 0.15) is 24.5 Å². The molecule has 3 aliphatic rings. The molecule has 196 valence electrons. The van der Waals surface area contributed by atoms with E-state index in [9.17, 15) is 22.8 Å². The highest BCUT2D eigenvalue weighted by atomic mass is 32.2. The zero-order chi connectivity index (χ0) is 26.4. The number of morpholine rings is 1. The fraction of sp³-hybridized carbons (Fsp3) is 0.400. The van der Waals surface area contributed by atoms with Crippen molar-refractivity contribution in [3.05, 3.63) is 53.6 Å². The standard InChI is InChI=1S/C25H28N4O7S/c1-16-7-8-18(15-21(16)37(33,34)28-10-13-35-14-11-28)26-22(30)17(2)29-23(31)25(27-24(29)32)9-12-36-20-6-4-3-5-19(20)25/h3-8,15,17H,9-14H2,1-2H3,(H,26,30)(H,27,32). The first-order valence-electron chi connectivity index (χ1n) is 12.0. The van der Waals surface area contributed by atoms with Gasteiger partial charge in [0.2, 0.25) is 15.9 Å². The number of nitrogens with one attached hydrogen (secondary N) is 2. The number of hydrogen-bond acceptors (Lipinski definition) is 7. The number of rotatable bonds is 5. The second-order valence-corrected chi connectivity index (χ2v) is 11.2. The third-order valence-corrected chi connectivity index (χ3v) is 9.06. The first kappa shape index (κ1) is 25.2. The number of sulfonamides is 1. The number of fused-ring (bicyclic) bond motifs is 2. The summed E-state index contributed by atoms with van der Waals surface area (Å²) < 4.78 is 38.6. The predicted molar refractivity (Wildman–Crippen MR) is 132 cm³/mol. The van der Waals surface area contributed by atoms with Crippen LogP contribution in [-0.4, -0.2) is 74.4 Å². The van der Waals surface area contributed by atoms with Crippen molar-refractivity contribution in [3.8, 4) is 5.75 Å². The minimum atomic E-state index is -3.79. The summed E-state index contributed by atoms with van der Waals surface area (Å²) in [5, 5.41) is 5.45. The van der Waals surface area contributed by atoms with Crippen molar-refractivity contribution in [2.45, 2.75) is 36.7 Å². The molecule has 2 unspecified atom stereocenters. The van der Waals surface area contributed by atoms with Crippen LogP contribution in [0, 0.1) is 6.92 Å². The summed E-state index contributed by atoms with van der Waals surface area (Å²) in [6.45, 7) is 4.50. The Balaban J connectivity index is 1.37. The van der Waals surface area contributed by atoms with Crippen molar-refractivity contribution in [2.75, 3.05) is 38.2 Å². The van der Waals surface area contributed by atoms with E-state index >= 15 is 0 Å². The minimum Gasteiger partial charge on any atom is -0.493 e. The van der Waals surface area contributed by atoms with Gasteiger partial charge in [-0.05, 0) is 37.6 Å². The number of ether oxygens (including phenoxy) is 2. The Morgan fingerprint density at radius 2 is 1.84 bits per heavy atom. The minimum absolute atomic E-state index is 0.0765. The molecular weight excluding hydrogens is 500 g/mol. The number of aryl methyl sites for hydroxylation is 1. The number of para-hydroxylation sites is 1. The van der Waals surface area contributed by atoms with Gasteiger partial charge in [-0.15, -0.1) is 0 Å². The van der Waals surface area contributed by atoms with E-state index in [1.807, 2.05) is 0 Å². The number of imide groups is 1. The molecule has 2 aromatic carbocycles. The van der Waals surface area contributed by atoms with Crippen molar-refractivity contribution in [3.63, 3.8) is 0 Å². The van der Waals surface area contributed by atoms with Crippen molar-refractivity contribution in [1.82, 2.24) is 14.5 Å². The molecule has 2 aromatic rings. The first-order valence-corrected chi connectivity index (χ1v) is 13.5. The SMILES string of the molecule is Cc1ccc(NC(=O)C(C)N2C(=O)NC3(CCOc4ccccc43)C2=O)cc1S(=O)(=O)N1CCOCC1. The van der Waals surface area contributed by atoms with Gasteiger partial charge >= 0.3 is 6.03 Å². The molecule has 0 radical (unpaired) electrons. The van der Waals surface area contributed by atoms with E-state index in [-0.39, 0.29) is 36.7 Å². The molecule has 3 aliphatic heterocycles. The van der Waals surface area contributed by atoms with Gasteiger partial charge in [0.1, 0.15) is 11.8 Å². The summed E-state index contributed by atoms with van der Waals surface area (Å²) in [6, 6.07) is 9.75. The Labute approximate surface area is 214 Å². The summed E-state index contributed by atoms with van der Waals surface area (Å²) in [7, 11) is -3.79. The molecule has 1 spiro atoms. The number of carbonyl (C=O) groups excluding carboxylic acids is 3.